The van der Waals surface area contributed by atoms with Gasteiger partial charge in [0.2, 0.25) is 11.7 Å². The van der Waals surface area contributed by atoms with E-state index in [1.807, 2.05) is 12.1 Å². The second-order valence-electron chi connectivity index (χ2n) is 6.73. The van der Waals surface area contributed by atoms with Crippen molar-refractivity contribution in [3.8, 4) is 11.4 Å². The summed E-state index contributed by atoms with van der Waals surface area (Å²) >= 11 is 0. The highest BCUT2D eigenvalue weighted by molar-refractivity contribution is 7.93. The molecule has 1 aliphatic heterocycles. The van der Waals surface area contributed by atoms with Crippen molar-refractivity contribution in [1.29, 1.82) is 0 Å². The first-order valence-electron chi connectivity index (χ1n) is 8.80. The first-order valence-corrected chi connectivity index (χ1v) is 10.2. The molecule has 10 heteroatoms. The van der Waals surface area contributed by atoms with E-state index in [2.05, 4.69) is 10.1 Å². The molecule has 4 aromatic rings. The molecular formula is C20H12F3N3O3S. The monoisotopic (exact) mass is 431 g/mol. The zero-order valence-electron chi connectivity index (χ0n) is 15.1. The van der Waals surface area contributed by atoms with Crippen molar-refractivity contribution in [1.82, 2.24) is 10.1 Å². The Bertz CT molecular complexity index is 1390. The van der Waals surface area contributed by atoms with Crippen LogP contribution in [0.25, 0.3) is 22.2 Å². The maximum Gasteiger partial charge on any atom is 0.416 e. The van der Waals surface area contributed by atoms with E-state index in [1.54, 1.807) is 18.2 Å². The van der Waals surface area contributed by atoms with Gasteiger partial charge in [-0.05, 0) is 29.7 Å². The normalized spacial score (nSPS) is 15.1. The predicted octanol–water partition coefficient (Wildman–Crippen LogP) is 4.62. The van der Waals surface area contributed by atoms with Crippen LogP contribution in [0.2, 0.25) is 0 Å². The van der Waals surface area contributed by atoms with Gasteiger partial charge in [-0.3, -0.25) is 4.31 Å². The molecule has 5 rings (SSSR count). The van der Waals surface area contributed by atoms with Gasteiger partial charge in [-0.1, -0.05) is 41.6 Å². The lowest BCUT2D eigenvalue weighted by Crippen LogP contribution is -2.26. The molecule has 0 bridgehead atoms. The van der Waals surface area contributed by atoms with Crippen LogP contribution >= 0.6 is 0 Å². The van der Waals surface area contributed by atoms with Crippen LogP contribution < -0.4 is 4.31 Å². The Morgan fingerprint density at radius 3 is 2.50 bits per heavy atom. The Hall–Kier alpha value is -3.40. The second-order valence-corrected chi connectivity index (χ2v) is 8.56. The van der Waals surface area contributed by atoms with Crippen LogP contribution in [-0.2, 0) is 22.7 Å². The minimum Gasteiger partial charge on any atom is -0.337 e. The fourth-order valence-corrected chi connectivity index (χ4v) is 5.18. The van der Waals surface area contributed by atoms with Gasteiger partial charge in [0.15, 0.2) is 0 Å². The molecule has 30 heavy (non-hydrogen) atoms. The van der Waals surface area contributed by atoms with Crippen molar-refractivity contribution in [2.45, 2.75) is 17.6 Å². The molecule has 0 saturated carbocycles. The summed E-state index contributed by atoms with van der Waals surface area (Å²) in [6.45, 7) is -0.234. The number of hydrogen-bond acceptors (Lipinski definition) is 5. The number of anilines is 1. The van der Waals surface area contributed by atoms with Gasteiger partial charge in [0.05, 0.1) is 16.1 Å². The van der Waals surface area contributed by atoms with Crippen molar-refractivity contribution >= 4 is 26.5 Å². The molecule has 6 nitrogen and oxygen atoms in total. The van der Waals surface area contributed by atoms with E-state index in [1.165, 1.54) is 18.2 Å². The average molecular weight is 431 g/mol. The second kappa shape index (κ2) is 6.30. The van der Waals surface area contributed by atoms with Crippen molar-refractivity contribution in [3.05, 3.63) is 72.1 Å². The van der Waals surface area contributed by atoms with Crippen molar-refractivity contribution in [2.75, 3.05) is 4.31 Å². The standard InChI is InChI=1S/C20H12F3N3O3S/c21-20(22,23)14-7-1-6-13(10-14)19-24-17(29-25-19)11-26-15-8-2-4-12-5-3-9-16(18(12)15)30(26,27)28/h1-10H,11H2. The van der Waals surface area contributed by atoms with E-state index in [0.29, 0.717) is 11.1 Å². The van der Waals surface area contributed by atoms with Gasteiger partial charge in [-0.25, -0.2) is 8.42 Å². The van der Waals surface area contributed by atoms with E-state index in [9.17, 15) is 21.6 Å². The quantitative estimate of drug-likeness (QED) is 0.473. The fraction of sp³-hybridized carbons (Fsp3) is 0.100. The minimum absolute atomic E-state index is 0.0317. The Kier molecular flexibility index (Phi) is 3.91. The highest BCUT2D eigenvalue weighted by Gasteiger charge is 2.36. The summed E-state index contributed by atoms with van der Waals surface area (Å²) in [5, 5.41) is 5.12. The van der Waals surface area contributed by atoms with Crippen molar-refractivity contribution in [2.24, 2.45) is 0 Å². The van der Waals surface area contributed by atoms with Gasteiger partial charge in [0.1, 0.15) is 6.54 Å². The number of sulfonamides is 1. The molecule has 0 aliphatic carbocycles. The lowest BCUT2D eigenvalue weighted by Gasteiger charge is -2.16. The smallest absolute Gasteiger partial charge is 0.337 e. The molecule has 2 heterocycles. The maximum absolute atomic E-state index is 13.0. The number of aromatic nitrogens is 2. The molecule has 1 aromatic heterocycles. The summed E-state index contributed by atoms with van der Waals surface area (Å²) in [7, 11) is -3.82. The summed E-state index contributed by atoms with van der Waals surface area (Å²) in [5.41, 5.74) is -0.230. The van der Waals surface area contributed by atoms with Crippen molar-refractivity contribution < 1.29 is 26.1 Å². The van der Waals surface area contributed by atoms with E-state index in [0.717, 1.165) is 21.8 Å². The van der Waals surface area contributed by atoms with E-state index in [-0.39, 0.29) is 28.7 Å². The molecule has 1 aliphatic rings. The molecule has 152 valence electrons. The minimum atomic E-state index is -4.50. The van der Waals surface area contributed by atoms with Crippen molar-refractivity contribution in [3.63, 3.8) is 0 Å². The van der Waals surface area contributed by atoms with Gasteiger partial charge in [-0.2, -0.15) is 18.2 Å². The van der Waals surface area contributed by atoms with E-state index < -0.39 is 21.8 Å². The Morgan fingerprint density at radius 1 is 1.00 bits per heavy atom. The number of alkyl halides is 3. The third-order valence-corrected chi connectivity index (χ3v) is 6.68. The van der Waals surface area contributed by atoms with Crippen LogP contribution in [0.5, 0.6) is 0 Å². The Balaban J connectivity index is 1.51. The summed E-state index contributed by atoms with van der Waals surface area (Å²) in [6, 6.07) is 14.8. The largest absolute Gasteiger partial charge is 0.416 e. The lowest BCUT2D eigenvalue weighted by molar-refractivity contribution is -0.137. The van der Waals surface area contributed by atoms with Gasteiger partial charge in [-0.15, -0.1) is 0 Å². The molecule has 3 aromatic carbocycles. The number of hydrogen-bond donors (Lipinski definition) is 0. The highest BCUT2D eigenvalue weighted by atomic mass is 32.2. The van der Waals surface area contributed by atoms with Gasteiger partial charge in [0, 0.05) is 10.9 Å². The highest BCUT2D eigenvalue weighted by Crippen LogP contribution is 2.42. The first-order chi connectivity index (χ1) is 14.2. The SMILES string of the molecule is O=S1(=O)c2cccc3cccc(c23)N1Cc1nc(-c2cccc(C(F)(F)F)c2)no1. The number of rotatable bonds is 3. The zero-order valence-corrected chi connectivity index (χ0v) is 15.9. The Labute approximate surface area is 168 Å². The summed E-state index contributed by atoms with van der Waals surface area (Å²) in [6.07, 6.45) is -4.50. The number of benzene rings is 3. The topological polar surface area (TPSA) is 76.3 Å². The van der Waals surface area contributed by atoms with E-state index in [4.69, 9.17) is 4.52 Å². The van der Waals surface area contributed by atoms with Gasteiger partial charge in [0.25, 0.3) is 10.0 Å². The van der Waals surface area contributed by atoms with E-state index >= 15 is 0 Å². The predicted molar refractivity (Wildman–Crippen MR) is 102 cm³/mol. The first kappa shape index (κ1) is 18.6. The van der Waals surface area contributed by atoms with Crippen LogP contribution in [-0.4, -0.2) is 18.6 Å². The molecule has 0 radical (unpaired) electrons. The summed E-state index contributed by atoms with van der Waals surface area (Å²) in [4.78, 5) is 4.30. The molecule has 0 amide bonds. The third-order valence-electron chi connectivity index (χ3n) is 4.88. The lowest BCUT2D eigenvalue weighted by atomic mass is 10.1. The van der Waals surface area contributed by atoms with Crippen LogP contribution in [0, 0.1) is 0 Å². The maximum atomic E-state index is 13.0. The molecule has 0 unspecified atom stereocenters. The molecule has 0 N–H and O–H groups in total. The van der Waals surface area contributed by atoms with Crippen LogP contribution in [0.4, 0.5) is 18.9 Å². The summed E-state index contributed by atoms with van der Waals surface area (Å²) < 4.78 is 71.2. The molecule has 0 atom stereocenters. The number of nitrogens with zero attached hydrogens (tertiary/aromatic N) is 3. The molecule has 0 saturated heterocycles. The molecule has 0 fully saturated rings. The molecular weight excluding hydrogens is 419 g/mol. The average Bonchev–Trinajstić information content (AvgIpc) is 3.27. The fourth-order valence-electron chi connectivity index (χ4n) is 3.52. The van der Waals surface area contributed by atoms with Gasteiger partial charge < -0.3 is 4.52 Å². The zero-order chi connectivity index (χ0) is 21.1. The van der Waals surface area contributed by atoms with Crippen LogP contribution in [0.3, 0.4) is 0 Å². The van der Waals surface area contributed by atoms with Gasteiger partial charge >= 0.3 is 6.18 Å². The Morgan fingerprint density at radius 2 is 1.73 bits per heavy atom. The third kappa shape index (κ3) is 2.83. The van der Waals surface area contributed by atoms with Crippen LogP contribution in [0.15, 0.2) is 70.1 Å². The summed E-state index contributed by atoms with van der Waals surface area (Å²) in [5.74, 6) is -0.0841. The van der Waals surface area contributed by atoms with Crippen LogP contribution in [0.1, 0.15) is 11.5 Å². The number of halogens is 3. The molecule has 0 spiro atoms.